The molecule has 0 bridgehead atoms. The standard InChI is InChI=1S/C20H19N5O2/c1-26-18-4-2-3-17(11-18)19-23-20(27-24-19)22-12-15-5-7-16(8-6-15)13-25-10-9-21-14-25/h2-11,14H,12-13H2,1H3,(H,22,23,24). The third kappa shape index (κ3) is 4.14. The van der Waals surface area contributed by atoms with Gasteiger partial charge in [0.25, 0.3) is 0 Å². The van der Waals surface area contributed by atoms with E-state index < -0.39 is 0 Å². The van der Waals surface area contributed by atoms with E-state index in [2.05, 4.69) is 44.7 Å². The Kier molecular flexibility index (Phi) is 4.82. The van der Waals surface area contributed by atoms with E-state index in [4.69, 9.17) is 9.26 Å². The highest BCUT2D eigenvalue weighted by molar-refractivity contribution is 5.57. The molecule has 4 rings (SSSR count). The van der Waals surface area contributed by atoms with Gasteiger partial charge in [-0.3, -0.25) is 0 Å². The molecule has 0 aliphatic heterocycles. The van der Waals surface area contributed by atoms with Gasteiger partial charge in [-0.2, -0.15) is 4.98 Å². The molecular formula is C20H19N5O2. The van der Waals surface area contributed by atoms with Crippen LogP contribution in [0.1, 0.15) is 11.1 Å². The molecule has 0 fully saturated rings. The number of hydrogen-bond acceptors (Lipinski definition) is 6. The van der Waals surface area contributed by atoms with Crippen LogP contribution in [0.5, 0.6) is 5.75 Å². The molecule has 2 aromatic heterocycles. The summed E-state index contributed by atoms with van der Waals surface area (Å²) in [6.45, 7) is 1.41. The second-order valence-electron chi connectivity index (χ2n) is 6.06. The summed E-state index contributed by atoms with van der Waals surface area (Å²) in [5.74, 6) is 1.27. The minimum Gasteiger partial charge on any atom is -0.497 e. The molecule has 4 aromatic rings. The Hall–Kier alpha value is -3.61. The van der Waals surface area contributed by atoms with Crippen molar-refractivity contribution in [1.29, 1.82) is 0 Å². The molecular weight excluding hydrogens is 342 g/mol. The van der Waals surface area contributed by atoms with Gasteiger partial charge in [-0.1, -0.05) is 41.6 Å². The Morgan fingerprint density at radius 3 is 2.74 bits per heavy atom. The fourth-order valence-electron chi connectivity index (χ4n) is 2.71. The lowest BCUT2D eigenvalue weighted by molar-refractivity contribution is 0.414. The number of hydrogen-bond donors (Lipinski definition) is 1. The van der Waals surface area contributed by atoms with E-state index in [1.54, 1.807) is 13.3 Å². The van der Waals surface area contributed by atoms with Crippen LogP contribution in [0.25, 0.3) is 11.4 Å². The van der Waals surface area contributed by atoms with E-state index in [1.807, 2.05) is 41.4 Å². The van der Waals surface area contributed by atoms with E-state index in [1.165, 1.54) is 5.56 Å². The number of nitrogens with one attached hydrogen (secondary N) is 1. The Morgan fingerprint density at radius 2 is 1.96 bits per heavy atom. The lowest BCUT2D eigenvalue weighted by atomic mass is 10.1. The van der Waals surface area contributed by atoms with Gasteiger partial charge in [-0.25, -0.2) is 4.98 Å². The quantitative estimate of drug-likeness (QED) is 0.542. The second-order valence-corrected chi connectivity index (χ2v) is 6.06. The zero-order valence-electron chi connectivity index (χ0n) is 14.9. The molecule has 0 amide bonds. The maximum absolute atomic E-state index is 5.28. The molecule has 7 nitrogen and oxygen atoms in total. The number of anilines is 1. The molecule has 0 aliphatic rings. The van der Waals surface area contributed by atoms with Crippen LogP contribution >= 0.6 is 0 Å². The summed E-state index contributed by atoms with van der Waals surface area (Å²) in [5, 5.41) is 7.18. The summed E-state index contributed by atoms with van der Waals surface area (Å²) < 4.78 is 12.5. The van der Waals surface area contributed by atoms with Crippen LogP contribution in [0.15, 0.2) is 71.8 Å². The molecule has 0 atom stereocenters. The summed E-state index contributed by atoms with van der Waals surface area (Å²) in [4.78, 5) is 8.44. The number of imidazole rings is 1. The SMILES string of the molecule is COc1cccc(-c2noc(NCc3ccc(Cn4ccnc4)cc3)n2)c1. The fraction of sp³-hybridized carbons (Fsp3) is 0.150. The molecule has 0 radical (unpaired) electrons. The monoisotopic (exact) mass is 361 g/mol. The first-order valence-corrected chi connectivity index (χ1v) is 8.56. The predicted octanol–water partition coefficient (Wildman–Crippen LogP) is 3.60. The highest BCUT2D eigenvalue weighted by Gasteiger charge is 2.09. The van der Waals surface area contributed by atoms with E-state index in [-0.39, 0.29) is 0 Å². The predicted molar refractivity (Wildman–Crippen MR) is 101 cm³/mol. The van der Waals surface area contributed by atoms with Crippen LogP contribution < -0.4 is 10.1 Å². The van der Waals surface area contributed by atoms with Crippen molar-refractivity contribution in [3.8, 4) is 17.1 Å². The number of rotatable bonds is 7. The lowest BCUT2D eigenvalue weighted by Crippen LogP contribution is -2.01. The van der Waals surface area contributed by atoms with Crippen molar-refractivity contribution >= 4 is 6.01 Å². The van der Waals surface area contributed by atoms with Gasteiger partial charge in [-0.05, 0) is 23.3 Å². The molecule has 2 heterocycles. The zero-order valence-corrected chi connectivity index (χ0v) is 14.9. The highest BCUT2D eigenvalue weighted by Crippen LogP contribution is 2.22. The molecule has 0 unspecified atom stereocenters. The van der Waals surface area contributed by atoms with E-state index in [0.29, 0.717) is 18.4 Å². The first-order valence-electron chi connectivity index (χ1n) is 8.56. The average molecular weight is 361 g/mol. The van der Waals surface area contributed by atoms with E-state index >= 15 is 0 Å². The summed E-state index contributed by atoms with van der Waals surface area (Å²) in [6, 6.07) is 16.3. The van der Waals surface area contributed by atoms with Gasteiger partial charge in [0.1, 0.15) is 5.75 Å². The summed E-state index contributed by atoms with van der Waals surface area (Å²) in [7, 11) is 1.63. The maximum Gasteiger partial charge on any atom is 0.322 e. The Labute approximate surface area is 156 Å². The minimum atomic E-state index is 0.385. The van der Waals surface area contributed by atoms with Crippen LogP contribution in [0.3, 0.4) is 0 Å². The van der Waals surface area contributed by atoms with Gasteiger partial charge >= 0.3 is 6.01 Å². The smallest absolute Gasteiger partial charge is 0.322 e. The van der Waals surface area contributed by atoms with Crippen LogP contribution in [0.2, 0.25) is 0 Å². The van der Waals surface area contributed by atoms with Crippen molar-refractivity contribution in [1.82, 2.24) is 19.7 Å². The van der Waals surface area contributed by atoms with Gasteiger partial charge in [0, 0.05) is 31.0 Å². The highest BCUT2D eigenvalue weighted by atomic mass is 16.5. The van der Waals surface area contributed by atoms with Crippen molar-refractivity contribution < 1.29 is 9.26 Å². The molecule has 7 heteroatoms. The van der Waals surface area contributed by atoms with E-state index in [0.717, 1.165) is 23.4 Å². The molecule has 136 valence electrons. The first-order chi connectivity index (χ1) is 13.3. The fourth-order valence-corrected chi connectivity index (χ4v) is 2.71. The largest absolute Gasteiger partial charge is 0.497 e. The van der Waals surface area contributed by atoms with Crippen molar-refractivity contribution in [2.24, 2.45) is 0 Å². The lowest BCUT2D eigenvalue weighted by Gasteiger charge is -2.05. The summed E-state index contributed by atoms with van der Waals surface area (Å²) in [6.07, 6.45) is 5.54. The second kappa shape index (κ2) is 7.74. The van der Waals surface area contributed by atoms with Crippen LogP contribution in [0.4, 0.5) is 6.01 Å². The number of methoxy groups -OCH3 is 1. The summed E-state index contributed by atoms with van der Waals surface area (Å²) >= 11 is 0. The first kappa shape index (κ1) is 16.8. The molecule has 2 aromatic carbocycles. The van der Waals surface area contributed by atoms with Gasteiger partial charge in [0.15, 0.2) is 0 Å². The number of ether oxygens (including phenoxy) is 1. The van der Waals surface area contributed by atoms with E-state index in [9.17, 15) is 0 Å². The molecule has 0 aliphatic carbocycles. The van der Waals surface area contributed by atoms with Crippen molar-refractivity contribution in [3.63, 3.8) is 0 Å². The van der Waals surface area contributed by atoms with Crippen molar-refractivity contribution in [2.45, 2.75) is 13.1 Å². The van der Waals surface area contributed by atoms with Gasteiger partial charge in [-0.15, -0.1) is 0 Å². The maximum atomic E-state index is 5.28. The number of benzene rings is 2. The molecule has 0 spiro atoms. The third-order valence-electron chi connectivity index (χ3n) is 4.15. The van der Waals surface area contributed by atoms with Gasteiger partial charge < -0.3 is 19.1 Å². The normalized spacial score (nSPS) is 10.7. The average Bonchev–Trinajstić information content (AvgIpc) is 3.39. The van der Waals surface area contributed by atoms with Gasteiger partial charge in [0.2, 0.25) is 5.82 Å². The van der Waals surface area contributed by atoms with Crippen LogP contribution in [-0.4, -0.2) is 26.8 Å². The molecule has 27 heavy (non-hydrogen) atoms. The molecule has 0 saturated carbocycles. The zero-order chi connectivity index (χ0) is 18.5. The number of nitrogens with zero attached hydrogens (tertiary/aromatic N) is 4. The third-order valence-corrected chi connectivity index (χ3v) is 4.15. The minimum absolute atomic E-state index is 0.385. The topological polar surface area (TPSA) is 78.0 Å². The Bertz CT molecular complexity index is 993. The Morgan fingerprint density at radius 1 is 1.11 bits per heavy atom. The van der Waals surface area contributed by atoms with Crippen LogP contribution in [0, 0.1) is 0 Å². The molecule has 0 saturated heterocycles. The molecule has 1 N–H and O–H groups in total. The summed E-state index contributed by atoms with van der Waals surface area (Å²) in [5.41, 5.74) is 3.19. The van der Waals surface area contributed by atoms with Crippen molar-refractivity contribution in [2.75, 3.05) is 12.4 Å². The Balaban J connectivity index is 1.37. The van der Waals surface area contributed by atoms with Gasteiger partial charge in [0.05, 0.1) is 13.4 Å². The van der Waals surface area contributed by atoms with Crippen molar-refractivity contribution in [3.05, 3.63) is 78.4 Å². The number of aromatic nitrogens is 4. The van der Waals surface area contributed by atoms with Crippen LogP contribution in [-0.2, 0) is 13.1 Å².